The van der Waals surface area contributed by atoms with Gasteiger partial charge in [-0.2, -0.15) is 0 Å². The van der Waals surface area contributed by atoms with E-state index in [0.717, 1.165) is 41.4 Å². The zero-order valence-corrected chi connectivity index (χ0v) is 14.3. The summed E-state index contributed by atoms with van der Waals surface area (Å²) in [5.74, 6) is 0. The molecule has 2 N–H and O–H groups in total. The number of nitrogens with zero attached hydrogens (tertiary/aromatic N) is 2. The van der Waals surface area contributed by atoms with Gasteiger partial charge in [-0.15, -0.1) is 11.3 Å². The second-order valence-corrected chi connectivity index (χ2v) is 6.67. The van der Waals surface area contributed by atoms with Crippen LogP contribution in [0.1, 0.15) is 29.5 Å². The van der Waals surface area contributed by atoms with Gasteiger partial charge in [0.15, 0.2) is 0 Å². The fourth-order valence-electron chi connectivity index (χ4n) is 2.29. The third-order valence-corrected chi connectivity index (χ3v) is 5.00. The second-order valence-electron chi connectivity index (χ2n) is 5.33. The van der Waals surface area contributed by atoms with Gasteiger partial charge in [0.05, 0.1) is 17.7 Å². The van der Waals surface area contributed by atoms with Crippen LogP contribution in [0.15, 0.2) is 23.7 Å². The standard InChI is InChI=1S/C16H22ClN3S/c1-4-12(18)8-13-14(17)6-5-7-15(13)20(3)9-16-11(2)19-10-21-16/h5-7,10,12H,4,8-9,18H2,1-3H3. The van der Waals surface area contributed by atoms with E-state index in [1.165, 1.54) is 4.88 Å². The summed E-state index contributed by atoms with van der Waals surface area (Å²) in [5, 5.41) is 0.796. The molecule has 3 nitrogen and oxygen atoms in total. The molecule has 21 heavy (non-hydrogen) atoms. The molecule has 0 amide bonds. The molecule has 0 fully saturated rings. The number of benzene rings is 1. The van der Waals surface area contributed by atoms with Gasteiger partial charge in [0.1, 0.15) is 0 Å². The van der Waals surface area contributed by atoms with Crippen LogP contribution in [0.25, 0.3) is 0 Å². The summed E-state index contributed by atoms with van der Waals surface area (Å²) in [6.45, 7) is 4.99. The number of hydrogen-bond acceptors (Lipinski definition) is 4. The summed E-state index contributed by atoms with van der Waals surface area (Å²) in [6, 6.07) is 6.19. The smallest absolute Gasteiger partial charge is 0.0798 e. The first-order valence-corrected chi connectivity index (χ1v) is 8.41. The van der Waals surface area contributed by atoms with Crippen LogP contribution in [0.2, 0.25) is 5.02 Å². The van der Waals surface area contributed by atoms with Crippen molar-refractivity contribution in [1.29, 1.82) is 0 Å². The zero-order valence-electron chi connectivity index (χ0n) is 12.8. The van der Waals surface area contributed by atoms with Crippen molar-refractivity contribution in [3.63, 3.8) is 0 Å². The number of aryl methyl sites for hydroxylation is 1. The van der Waals surface area contributed by atoms with Gasteiger partial charge in [-0.3, -0.25) is 0 Å². The molecule has 0 saturated carbocycles. The third-order valence-electron chi connectivity index (χ3n) is 3.72. The van der Waals surface area contributed by atoms with Crippen LogP contribution < -0.4 is 10.6 Å². The molecule has 5 heteroatoms. The summed E-state index contributed by atoms with van der Waals surface area (Å²) in [7, 11) is 2.09. The van der Waals surface area contributed by atoms with Gasteiger partial charge in [-0.1, -0.05) is 24.6 Å². The molecule has 2 aromatic rings. The van der Waals surface area contributed by atoms with Crippen molar-refractivity contribution >= 4 is 28.6 Å². The number of hydrogen-bond donors (Lipinski definition) is 1. The van der Waals surface area contributed by atoms with Gasteiger partial charge < -0.3 is 10.6 Å². The number of halogens is 1. The Kier molecular flexibility index (Phi) is 5.62. The first-order valence-electron chi connectivity index (χ1n) is 7.16. The maximum atomic E-state index is 6.40. The van der Waals surface area contributed by atoms with Gasteiger partial charge in [-0.25, -0.2) is 4.98 Å². The van der Waals surface area contributed by atoms with Crippen molar-refractivity contribution in [2.24, 2.45) is 5.73 Å². The molecule has 1 aromatic carbocycles. The van der Waals surface area contributed by atoms with Crippen molar-refractivity contribution in [2.75, 3.05) is 11.9 Å². The third kappa shape index (κ3) is 3.96. The highest BCUT2D eigenvalue weighted by atomic mass is 35.5. The monoisotopic (exact) mass is 323 g/mol. The molecule has 0 aliphatic rings. The molecule has 0 radical (unpaired) electrons. The molecule has 0 aliphatic carbocycles. The van der Waals surface area contributed by atoms with Gasteiger partial charge in [0, 0.05) is 28.7 Å². The summed E-state index contributed by atoms with van der Waals surface area (Å²) in [6.07, 6.45) is 1.75. The molecule has 0 aliphatic heterocycles. The summed E-state index contributed by atoms with van der Waals surface area (Å²) in [5.41, 5.74) is 11.4. The lowest BCUT2D eigenvalue weighted by atomic mass is 10.0. The lowest BCUT2D eigenvalue weighted by molar-refractivity contribution is 0.645. The number of anilines is 1. The first kappa shape index (κ1) is 16.3. The van der Waals surface area contributed by atoms with Crippen LogP contribution >= 0.6 is 22.9 Å². The van der Waals surface area contributed by atoms with Crippen LogP contribution in [0.4, 0.5) is 5.69 Å². The van der Waals surface area contributed by atoms with E-state index < -0.39 is 0 Å². The molecule has 114 valence electrons. The largest absolute Gasteiger partial charge is 0.369 e. The van der Waals surface area contributed by atoms with Gasteiger partial charge in [-0.05, 0) is 37.5 Å². The highest BCUT2D eigenvalue weighted by molar-refractivity contribution is 7.09. The van der Waals surface area contributed by atoms with Gasteiger partial charge in [0.25, 0.3) is 0 Å². The Labute approximate surface area is 135 Å². The van der Waals surface area contributed by atoms with E-state index in [0.29, 0.717) is 0 Å². The maximum absolute atomic E-state index is 6.40. The molecule has 0 spiro atoms. The Balaban J connectivity index is 2.25. The minimum atomic E-state index is 0.141. The molecule has 1 atom stereocenters. The Morgan fingerprint density at radius 1 is 1.43 bits per heavy atom. The van der Waals surface area contributed by atoms with E-state index in [9.17, 15) is 0 Å². The van der Waals surface area contributed by atoms with Crippen molar-refractivity contribution < 1.29 is 0 Å². The van der Waals surface area contributed by atoms with E-state index >= 15 is 0 Å². The molecular weight excluding hydrogens is 302 g/mol. The first-order chi connectivity index (χ1) is 10.0. The number of nitrogens with two attached hydrogens (primary N) is 1. The second kappa shape index (κ2) is 7.25. The topological polar surface area (TPSA) is 42.1 Å². The Morgan fingerprint density at radius 2 is 2.19 bits per heavy atom. The molecule has 1 unspecified atom stereocenters. The minimum Gasteiger partial charge on any atom is -0.369 e. The van der Waals surface area contributed by atoms with Crippen LogP contribution in [0.5, 0.6) is 0 Å². The number of aromatic nitrogens is 1. The number of rotatable bonds is 6. The highest BCUT2D eigenvalue weighted by Gasteiger charge is 2.15. The van der Waals surface area contributed by atoms with E-state index in [1.54, 1.807) is 11.3 Å². The lowest BCUT2D eigenvalue weighted by Crippen LogP contribution is -2.24. The molecule has 2 rings (SSSR count). The molecule has 1 heterocycles. The summed E-state index contributed by atoms with van der Waals surface area (Å²) < 4.78 is 0. The maximum Gasteiger partial charge on any atom is 0.0798 e. The minimum absolute atomic E-state index is 0.141. The van der Waals surface area contributed by atoms with Gasteiger partial charge >= 0.3 is 0 Å². The fourth-order valence-corrected chi connectivity index (χ4v) is 3.37. The fraction of sp³-hybridized carbons (Fsp3) is 0.438. The quantitative estimate of drug-likeness (QED) is 0.873. The molecule has 0 saturated heterocycles. The summed E-state index contributed by atoms with van der Waals surface area (Å²) >= 11 is 8.09. The summed E-state index contributed by atoms with van der Waals surface area (Å²) in [4.78, 5) is 7.82. The molecule has 1 aromatic heterocycles. The van der Waals surface area contributed by atoms with Crippen LogP contribution in [-0.2, 0) is 13.0 Å². The van der Waals surface area contributed by atoms with E-state index in [-0.39, 0.29) is 6.04 Å². The lowest BCUT2D eigenvalue weighted by Gasteiger charge is -2.24. The van der Waals surface area contributed by atoms with E-state index in [1.807, 2.05) is 24.6 Å². The Bertz CT molecular complexity index is 597. The van der Waals surface area contributed by atoms with Crippen molar-refractivity contribution in [3.8, 4) is 0 Å². The van der Waals surface area contributed by atoms with Crippen LogP contribution in [0.3, 0.4) is 0 Å². The zero-order chi connectivity index (χ0) is 15.4. The van der Waals surface area contributed by atoms with Crippen molar-refractivity contribution in [3.05, 3.63) is 44.9 Å². The SMILES string of the molecule is CCC(N)Cc1c(Cl)cccc1N(C)Cc1scnc1C. The van der Waals surface area contributed by atoms with Crippen molar-refractivity contribution in [1.82, 2.24) is 4.98 Å². The molecular formula is C16H22ClN3S. The Hall–Kier alpha value is -1.10. The predicted molar refractivity (Wildman–Crippen MR) is 92.4 cm³/mol. The number of thiazole rings is 1. The van der Waals surface area contributed by atoms with Gasteiger partial charge in [0.2, 0.25) is 0 Å². The van der Waals surface area contributed by atoms with E-state index in [4.69, 9.17) is 17.3 Å². The van der Waals surface area contributed by atoms with Crippen LogP contribution in [0, 0.1) is 6.92 Å². The highest BCUT2D eigenvalue weighted by Crippen LogP contribution is 2.30. The average Bonchev–Trinajstić information content (AvgIpc) is 2.86. The molecule has 0 bridgehead atoms. The average molecular weight is 324 g/mol. The van der Waals surface area contributed by atoms with Crippen LogP contribution in [-0.4, -0.2) is 18.1 Å². The predicted octanol–water partition coefficient (Wildman–Crippen LogP) is 4.02. The normalized spacial score (nSPS) is 12.4. The van der Waals surface area contributed by atoms with Crippen molar-refractivity contribution in [2.45, 2.75) is 39.3 Å². The van der Waals surface area contributed by atoms with E-state index in [2.05, 4.69) is 29.9 Å². The Morgan fingerprint density at radius 3 is 2.81 bits per heavy atom.